The first-order valence-electron chi connectivity index (χ1n) is 4.73. The molecule has 0 bridgehead atoms. The molecular weight excluding hydrogens is 176 g/mol. The van der Waals surface area contributed by atoms with Crippen molar-refractivity contribution in [2.75, 3.05) is 32.6 Å². The smallest absolute Gasteiger partial charge is 0.119 e. The molecule has 0 unspecified atom stereocenters. The topological polar surface area (TPSA) is 38.5 Å². The van der Waals surface area contributed by atoms with Crippen molar-refractivity contribution in [3.05, 3.63) is 23.8 Å². The quantitative estimate of drug-likeness (QED) is 0.784. The Labute approximate surface area is 85.5 Å². The maximum absolute atomic E-state index is 5.56. The minimum Gasteiger partial charge on any atom is -0.497 e. The lowest BCUT2D eigenvalue weighted by Gasteiger charge is -2.17. The first-order valence-corrected chi connectivity index (χ1v) is 4.73. The van der Waals surface area contributed by atoms with Gasteiger partial charge in [0.1, 0.15) is 5.75 Å². The van der Waals surface area contributed by atoms with Gasteiger partial charge in [-0.05, 0) is 36.7 Å². The second kappa shape index (κ2) is 4.86. The molecule has 0 aliphatic carbocycles. The third kappa shape index (κ3) is 2.39. The lowest BCUT2D eigenvalue weighted by Crippen LogP contribution is -2.13. The standard InChI is InChI=1S/C11H18N2O/c1-13(2)11-5-4-10(14-3)8-9(11)6-7-12/h4-5,8H,6-7,12H2,1-3H3. The van der Waals surface area contributed by atoms with Crippen LogP contribution < -0.4 is 15.4 Å². The van der Waals surface area contributed by atoms with Gasteiger partial charge in [0.25, 0.3) is 0 Å². The molecule has 0 saturated heterocycles. The van der Waals surface area contributed by atoms with Crippen molar-refractivity contribution in [2.24, 2.45) is 5.73 Å². The largest absolute Gasteiger partial charge is 0.497 e. The Hall–Kier alpha value is -1.22. The molecular formula is C11H18N2O. The van der Waals surface area contributed by atoms with Crippen LogP contribution in [0.15, 0.2) is 18.2 Å². The van der Waals surface area contributed by atoms with E-state index >= 15 is 0 Å². The molecule has 0 aliphatic rings. The van der Waals surface area contributed by atoms with E-state index in [9.17, 15) is 0 Å². The van der Waals surface area contributed by atoms with Crippen molar-refractivity contribution in [2.45, 2.75) is 6.42 Å². The summed E-state index contributed by atoms with van der Waals surface area (Å²) in [4.78, 5) is 2.09. The van der Waals surface area contributed by atoms with Gasteiger partial charge >= 0.3 is 0 Å². The molecule has 78 valence electrons. The summed E-state index contributed by atoms with van der Waals surface area (Å²) in [6.07, 6.45) is 0.880. The maximum Gasteiger partial charge on any atom is 0.119 e. The Morgan fingerprint density at radius 1 is 1.36 bits per heavy atom. The van der Waals surface area contributed by atoms with Crippen LogP contribution in [0.1, 0.15) is 5.56 Å². The van der Waals surface area contributed by atoms with E-state index in [0.717, 1.165) is 12.2 Å². The summed E-state index contributed by atoms with van der Waals surface area (Å²) in [6.45, 7) is 0.661. The average molecular weight is 194 g/mol. The van der Waals surface area contributed by atoms with Gasteiger partial charge in [-0.15, -0.1) is 0 Å². The molecule has 1 aromatic carbocycles. The zero-order valence-electron chi connectivity index (χ0n) is 9.08. The molecule has 2 N–H and O–H groups in total. The minimum atomic E-state index is 0.661. The summed E-state index contributed by atoms with van der Waals surface area (Å²) in [5.41, 5.74) is 8.00. The monoisotopic (exact) mass is 194 g/mol. The second-order valence-electron chi connectivity index (χ2n) is 3.43. The highest BCUT2D eigenvalue weighted by Crippen LogP contribution is 2.24. The molecule has 1 rings (SSSR count). The van der Waals surface area contributed by atoms with E-state index < -0.39 is 0 Å². The molecule has 0 aromatic heterocycles. The number of nitrogens with two attached hydrogens (primary N) is 1. The van der Waals surface area contributed by atoms with Crippen molar-refractivity contribution < 1.29 is 4.74 Å². The number of ether oxygens (including phenoxy) is 1. The van der Waals surface area contributed by atoms with Crippen molar-refractivity contribution in [3.8, 4) is 5.75 Å². The van der Waals surface area contributed by atoms with Gasteiger partial charge in [0.05, 0.1) is 7.11 Å². The molecule has 0 spiro atoms. The van der Waals surface area contributed by atoms with Crippen LogP contribution in [0.4, 0.5) is 5.69 Å². The average Bonchev–Trinajstić information content (AvgIpc) is 2.17. The lowest BCUT2D eigenvalue weighted by molar-refractivity contribution is 0.414. The Morgan fingerprint density at radius 2 is 2.07 bits per heavy atom. The zero-order chi connectivity index (χ0) is 10.6. The normalized spacial score (nSPS) is 10.0. The van der Waals surface area contributed by atoms with E-state index in [0.29, 0.717) is 6.54 Å². The van der Waals surface area contributed by atoms with Gasteiger partial charge in [-0.25, -0.2) is 0 Å². The van der Waals surface area contributed by atoms with Gasteiger partial charge in [0.2, 0.25) is 0 Å². The molecule has 3 nitrogen and oxygen atoms in total. The first-order chi connectivity index (χ1) is 6.69. The van der Waals surface area contributed by atoms with Crippen LogP contribution in [0.5, 0.6) is 5.75 Å². The molecule has 0 fully saturated rings. The van der Waals surface area contributed by atoms with Crippen molar-refractivity contribution in [3.63, 3.8) is 0 Å². The lowest BCUT2D eigenvalue weighted by atomic mass is 10.1. The fourth-order valence-electron chi connectivity index (χ4n) is 1.48. The number of hydrogen-bond donors (Lipinski definition) is 1. The first kappa shape index (κ1) is 10.9. The summed E-state index contributed by atoms with van der Waals surface area (Å²) < 4.78 is 5.18. The van der Waals surface area contributed by atoms with E-state index in [1.165, 1.54) is 11.3 Å². The number of methoxy groups -OCH3 is 1. The predicted molar refractivity (Wildman–Crippen MR) is 60.1 cm³/mol. The summed E-state index contributed by atoms with van der Waals surface area (Å²) in [6, 6.07) is 6.07. The summed E-state index contributed by atoms with van der Waals surface area (Å²) >= 11 is 0. The Balaban J connectivity index is 3.03. The third-order valence-corrected chi connectivity index (χ3v) is 2.18. The number of rotatable bonds is 4. The van der Waals surface area contributed by atoms with Gasteiger partial charge in [-0.1, -0.05) is 0 Å². The summed E-state index contributed by atoms with van der Waals surface area (Å²) in [5, 5.41) is 0. The second-order valence-corrected chi connectivity index (χ2v) is 3.43. The van der Waals surface area contributed by atoms with Gasteiger partial charge in [-0.3, -0.25) is 0 Å². The highest BCUT2D eigenvalue weighted by atomic mass is 16.5. The number of hydrogen-bond acceptors (Lipinski definition) is 3. The molecule has 14 heavy (non-hydrogen) atoms. The van der Waals surface area contributed by atoms with Gasteiger partial charge in [-0.2, -0.15) is 0 Å². The van der Waals surface area contributed by atoms with E-state index in [2.05, 4.69) is 11.0 Å². The van der Waals surface area contributed by atoms with Crippen LogP contribution in [0.25, 0.3) is 0 Å². The predicted octanol–water partition coefficient (Wildman–Crippen LogP) is 1.26. The van der Waals surface area contributed by atoms with E-state index in [1.807, 2.05) is 26.2 Å². The fraction of sp³-hybridized carbons (Fsp3) is 0.455. The van der Waals surface area contributed by atoms with E-state index in [-0.39, 0.29) is 0 Å². The zero-order valence-corrected chi connectivity index (χ0v) is 9.08. The number of anilines is 1. The minimum absolute atomic E-state index is 0.661. The van der Waals surface area contributed by atoms with Crippen molar-refractivity contribution in [1.29, 1.82) is 0 Å². The van der Waals surface area contributed by atoms with Crippen LogP contribution in [0, 0.1) is 0 Å². The fourth-order valence-corrected chi connectivity index (χ4v) is 1.48. The summed E-state index contributed by atoms with van der Waals surface area (Å²) in [5.74, 6) is 0.888. The number of nitrogens with zero attached hydrogens (tertiary/aromatic N) is 1. The Morgan fingerprint density at radius 3 is 2.57 bits per heavy atom. The highest BCUT2D eigenvalue weighted by Gasteiger charge is 2.05. The van der Waals surface area contributed by atoms with Crippen LogP contribution in [-0.4, -0.2) is 27.7 Å². The van der Waals surface area contributed by atoms with Crippen LogP contribution in [0.2, 0.25) is 0 Å². The molecule has 3 heteroatoms. The molecule has 1 aromatic rings. The SMILES string of the molecule is COc1ccc(N(C)C)c(CCN)c1. The highest BCUT2D eigenvalue weighted by molar-refractivity contribution is 5.55. The Kier molecular flexibility index (Phi) is 3.77. The van der Waals surface area contributed by atoms with Crippen molar-refractivity contribution >= 4 is 5.69 Å². The molecule has 0 heterocycles. The van der Waals surface area contributed by atoms with Crippen LogP contribution in [0.3, 0.4) is 0 Å². The van der Waals surface area contributed by atoms with Crippen LogP contribution >= 0.6 is 0 Å². The van der Waals surface area contributed by atoms with Gasteiger partial charge in [0.15, 0.2) is 0 Å². The van der Waals surface area contributed by atoms with E-state index in [1.54, 1.807) is 7.11 Å². The van der Waals surface area contributed by atoms with Gasteiger partial charge < -0.3 is 15.4 Å². The maximum atomic E-state index is 5.56. The third-order valence-electron chi connectivity index (χ3n) is 2.18. The van der Waals surface area contributed by atoms with Gasteiger partial charge in [0, 0.05) is 19.8 Å². The molecule has 0 radical (unpaired) electrons. The molecule has 0 aliphatic heterocycles. The van der Waals surface area contributed by atoms with Crippen molar-refractivity contribution in [1.82, 2.24) is 0 Å². The molecule has 0 amide bonds. The number of benzene rings is 1. The van der Waals surface area contributed by atoms with E-state index in [4.69, 9.17) is 10.5 Å². The Bertz CT molecular complexity index is 297. The molecule has 0 atom stereocenters. The van der Waals surface area contributed by atoms with Crippen LogP contribution in [-0.2, 0) is 6.42 Å². The molecule has 0 saturated carbocycles. The summed E-state index contributed by atoms with van der Waals surface area (Å²) in [7, 11) is 5.74.